The van der Waals surface area contributed by atoms with Crippen LogP contribution in [0, 0.1) is 6.92 Å². The van der Waals surface area contributed by atoms with Gasteiger partial charge in [-0.05, 0) is 23.9 Å². The summed E-state index contributed by atoms with van der Waals surface area (Å²) in [5.74, 6) is -0.0614. The fraction of sp³-hybridized carbons (Fsp3) is 0.222. The molecular weight excluding hydrogens is 344 g/mol. The maximum atomic E-state index is 12.9. The second kappa shape index (κ2) is 7.14. The molecule has 0 N–H and O–H groups in total. The van der Waals surface area contributed by atoms with Crippen molar-refractivity contribution in [1.29, 1.82) is 0 Å². The first-order valence-corrected chi connectivity index (χ1v) is 8.55. The lowest BCUT2D eigenvalue weighted by Gasteiger charge is -2.18. The van der Waals surface area contributed by atoms with Gasteiger partial charge in [-0.2, -0.15) is 8.78 Å². The number of thiophene rings is 1. The van der Waals surface area contributed by atoms with Crippen molar-refractivity contribution in [2.24, 2.45) is 0 Å². The van der Waals surface area contributed by atoms with Gasteiger partial charge in [-0.25, -0.2) is 4.98 Å². The molecule has 1 amide bonds. The van der Waals surface area contributed by atoms with Gasteiger partial charge < -0.3 is 4.90 Å². The topological polar surface area (TPSA) is 38.1 Å². The molecule has 3 aromatic rings. The van der Waals surface area contributed by atoms with Gasteiger partial charge in [0.25, 0.3) is 5.91 Å². The Hall–Kier alpha value is -2.54. The molecule has 0 saturated heterocycles. The highest BCUT2D eigenvalue weighted by Gasteiger charge is 2.21. The largest absolute Gasteiger partial charge is 0.334 e. The van der Waals surface area contributed by atoms with Crippen LogP contribution in [0.2, 0.25) is 0 Å². The molecule has 0 unspecified atom stereocenters. The van der Waals surface area contributed by atoms with Crippen LogP contribution in [0.4, 0.5) is 8.78 Å². The molecule has 0 aliphatic carbocycles. The second-order valence-electron chi connectivity index (χ2n) is 5.72. The van der Waals surface area contributed by atoms with Crippen LogP contribution in [0.3, 0.4) is 0 Å². The number of amides is 1. The lowest BCUT2D eigenvalue weighted by atomic mass is 10.0. The number of carbonyl (C=O) groups excluding carboxylic acids is 1. The zero-order valence-electron chi connectivity index (χ0n) is 13.8. The van der Waals surface area contributed by atoms with Crippen molar-refractivity contribution in [2.45, 2.75) is 20.0 Å². The minimum Gasteiger partial charge on any atom is -0.334 e. The Morgan fingerprint density at radius 1 is 1.28 bits per heavy atom. The van der Waals surface area contributed by atoms with Crippen LogP contribution >= 0.6 is 11.3 Å². The SMILES string of the molecule is Cc1ccc(-c2ccsc2C(=O)N(C)Cc2nccn2C(F)F)cc1. The van der Waals surface area contributed by atoms with E-state index in [-0.39, 0.29) is 18.3 Å². The summed E-state index contributed by atoms with van der Waals surface area (Å²) in [5, 5.41) is 1.86. The molecule has 1 aromatic carbocycles. The average Bonchev–Trinajstić information content (AvgIpc) is 3.24. The van der Waals surface area contributed by atoms with E-state index in [9.17, 15) is 13.6 Å². The number of nitrogens with zero attached hydrogens (tertiary/aromatic N) is 3. The zero-order chi connectivity index (χ0) is 18.0. The van der Waals surface area contributed by atoms with Gasteiger partial charge in [0.15, 0.2) is 0 Å². The number of benzene rings is 1. The molecule has 0 saturated carbocycles. The number of halogens is 2. The van der Waals surface area contributed by atoms with E-state index in [1.165, 1.54) is 28.6 Å². The normalized spacial score (nSPS) is 11.1. The molecule has 0 aliphatic rings. The summed E-state index contributed by atoms with van der Waals surface area (Å²) >= 11 is 1.34. The third-order valence-electron chi connectivity index (χ3n) is 3.91. The Labute approximate surface area is 148 Å². The number of alkyl halides is 2. The van der Waals surface area contributed by atoms with Crippen LogP contribution in [0.25, 0.3) is 11.1 Å². The van der Waals surface area contributed by atoms with Crippen molar-refractivity contribution in [2.75, 3.05) is 7.05 Å². The lowest BCUT2D eigenvalue weighted by molar-refractivity contribution is 0.0614. The number of imidazole rings is 1. The monoisotopic (exact) mass is 361 g/mol. The first-order chi connectivity index (χ1) is 12.0. The molecule has 0 fully saturated rings. The summed E-state index contributed by atoms with van der Waals surface area (Å²) in [6, 6.07) is 9.82. The molecule has 2 heterocycles. The van der Waals surface area contributed by atoms with E-state index in [0.717, 1.165) is 21.3 Å². The summed E-state index contributed by atoms with van der Waals surface area (Å²) in [6.07, 6.45) is 2.52. The minimum absolute atomic E-state index is 0.0153. The van der Waals surface area contributed by atoms with Crippen molar-refractivity contribution in [3.63, 3.8) is 0 Å². The van der Waals surface area contributed by atoms with E-state index >= 15 is 0 Å². The molecule has 7 heteroatoms. The van der Waals surface area contributed by atoms with Gasteiger partial charge in [0.05, 0.1) is 11.4 Å². The predicted octanol–water partition coefficient (Wildman–Crippen LogP) is 4.59. The molecule has 130 valence electrons. The van der Waals surface area contributed by atoms with Crippen molar-refractivity contribution in [3.05, 3.63) is 64.4 Å². The first kappa shape index (κ1) is 17.3. The van der Waals surface area contributed by atoms with Crippen LogP contribution in [0.1, 0.15) is 27.6 Å². The summed E-state index contributed by atoms with van der Waals surface area (Å²) in [6.45, 7) is -0.657. The average molecular weight is 361 g/mol. The molecule has 2 aromatic heterocycles. The van der Waals surface area contributed by atoms with E-state index in [4.69, 9.17) is 0 Å². The van der Waals surface area contributed by atoms with E-state index in [2.05, 4.69) is 4.98 Å². The number of aromatic nitrogens is 2. The van der Waals surface area contributed by atoms with Crippen LogP contribution < -0.4 is 0 Å². The van der Waals surface area contributed by atoms with Gasteiger partial charge >= 0.3 is 6.55 Å². The third-order valence-corrected chi connectivity index (χ3v) is 4.81. The minimum atomic E-state index is -2.68. The Kier molecular flexibility index (Phi) is 4.94. The number of aryl methyl sites for hydroxylation is 1. The van der Waals surface area contributed by atoms with E-state index < -0.39 is 6.55 Å². The maximum absolute atomic E-state index is 12.9. The number of hydrogen-bond donors (Lipinski definition) is 0. The smallest absolute Gasteiger partial charge is 0.319 e. The predicted molar refractivity (Wildman–Crippen MR) is 93.8 cm³/mol. The van der Waals surface area contributed by atoms with Gasteiger partial charge in [0.2, 0.25) is 0 Å². The van der Waals surface area contributed by atoms with Crippen LogP contribution in [-0.4, -0.2) is 27.4 Å². The summed E-state index contributed by atoms with van der Waals surface area (Å²) in [5.41, 5.74) is 2.94. The standard InChI is InChI=1S/C18H17F2N3OS/c1-12-3-5-13(6-4-12)14-7-10-25-16(14)17(24)22(2)11-15-21-8-9-23(15)18(19)20/h3-10,18H,11H2,1-2H3. The lowest BCUT2D eigenvalue weighted by Crippen LogP contribution is -2.27. The molecule has 0 atom stereocenters. The van der Waals surface area contributed by atoms with Gasteiger partial charge in [-0.1, -0.05) is 29.8 Å². The Bertz CT molecular complexity index is 871. The number of rotatable bonds is 5. The van der Waals surface area contributed by atoms with Crippen LogP contribution in [0.5, 0.6) is 0 Å². The fourth-order valence-corrected chi connectivity index (χ4v) is 3.45. The fourth-order valence-electron chi connectivity index (χ4n) is 2.54. The highest BCUT2D eigenvalue weighted by molar-refractivity contribution is 7.12. The van der Waals surface area contributed by atoms with Gasteiger partial charge in [0, 0.05) is 25.0 Å². The Balaban J connectivity index is 1.83. The first-order valence-electron chi connectivity index (χ1n) is 7.67. The van der Waals surface area contributed by atoms with E-state index in [1.54, 1.807) is 7.05 Å². The zero-order valence-corrected chi connectivity index (χ0v) is 14.6. The highest BCUT2D eigenvalue weighted by Crippen LogP contribution is 2.30. The van der Waals surface area contributed by atoms with Gasteiger partial charge in [-0.15, -0.1) is 11.3 Å². The Morgan fingerprint density at radius 3 is 2.68 bits per heavy atom. The molecule has 0 bridgehead atoms. The molecule has 25 heavy (non-hydrogen) atoms. The summed E-state index contributed by atoms with van der Waals surface area (Å²) < 4.78 is 26.6. The molecule has 3 rings (SSSR count). The van der Waals surface area contributed by atoms with Gasteiger partial charge in [0.1, 0.15) is 5.82 Å². The highest BCUT2D eigenvalue weighted by atomic mass is 32.1. The molecule has 4 nitrogen and oxygen atoms in total. The molecule has 0 aliphatic heterocycles. The van der Waals surface area contributed by atoms with E-state index in [1.807, 2.05) is 42.6 Å². The number of hydrogen-bond acceptors (Lipinski definition) is 3. The van der Waals surface area contributed by atoms with Crippen LogP contribution in [-0.2, 0) is 6.54 Å². The van der Waals surface area contributed by atoms with Crippen LogP contribution in [0.15, 0.2) is 48.1 Å². The van der Waals surface area contributed by atoms with E-state index in [0.29, 0.717) is 4.88 Å². The van der Waals surface area contributed by atoms with Crippen molar-refractivity contribution in [1.82, 2.24) is 14.5 Å². The van der Waals surface area contributed by atoms with Crippen molar-refractivity contribution < 1.29 is 13.6 Å². The van der Waals surface area contributed by atoms with Crippen molar-refractivity contribution in [3.8, 4) is 11.1 Å². The third kappa shape index (κ3) is 3.61. The summed E-state index contributed by atoms with van der Waals surface area (Å²) in [4.78, 5) is 18.7. The summed E-state index contributed by atoms with van der Waals surface area (Å²) in [7, 11) is 1.59. The Morgan fingerprint density at radius 2 is 2.00 bits per heavy atom. The van der Waals surface area contributed by atoms with Gasteiger partial charge in [-0.3, -0.25) is 9.36 Å². The van der Waals surface area contributed by atoms with Crippen molar-refractivity contribution >= 4 is 17.2 Å². The maximum Gasteiger partial charge on any atom is 0.319 e. The molecular formula is C18H17F2N3OS. The number of carbonyl (C=O) groups is 1. The quantitative estimate of drug-likeness (QED) is 0.667. The molecule has 0 spiro atoms. The molecule has 0 radical (unpaired) electrons. The second-order valence-corrected chi connectivity index (χ2v) is 6.64.